The Labute approximate surface area is 183 Å². The molecule has 0 saturated heterocycles. The molecule has 154 valence electrons. The summed E-state index contributed by atoms with van der Waals surface area (Å²) in [6.07, 6.45) is 12.2. The van der Waals surface area contributed by atoms with Gasteiger partial charge in [-0.2, -0.15) is 0 Å². The fraction of sp³-hybridized carbons (Fsp3) is 0.500. The van der Waals surface area contributed by atoms with Gasteiger partial charge in [0.25, 0.3) is 0 Å². The van der Waals surface area contributed by atoms with Crippen LogP contribution in [0, 0.1) is 17.8 Å². The highest BCUT2D eigenvalue weighted by Crippen LogP contribution is 2.35. The van der Waals surface area contributed by atoms with Gasteiger partial charge in [0.1, 0.15) is 0 Å². The molecule has 0 atom stereocenters. The summed E-state index contributed by atoms with van der Waals surface area (Å²) < 4.78 is 0. The highest BCUT2D eigenvalue weighted by molar-refractivity contribution is 6.31. The minimum atomic E-state index is 0.522. The molecule has 0 bridgehead atoms. The lowest BCUT2D eigenvalue weighted by molar-refractivity contribution is 0.384. The highest BCUT2D eigenvalue weighted by Gasteiger charge is 2.21. The number of aryl methyl sites for hydroxylation is 2. The van der Waals surface area contributed by atoms with E-state index in [4.69, 9.17) is 11.6 Å². The summed E-state index contributed by atoms with van der Waals surface area (Å²) in [6.45, 7) is 4.45. The fourth-order valence-electron chi connectivity index (χ4n) is 4.39. The molecule has 1 aliphatic rings. The van der Waals surface area contributed by atoms with E-state index in [1.165, 1.54) is 68.1 Å². The Bertz CT molecular complexity index is 814. The molecule has 3 rings (SSSR count). The van der Waals surface area contributed by atoms with Crippen molar-refractivity contribution in [3.05, 3.63) is 69.7 Å². The summed E-state index contributed by atoms with van der Waals surface area (Å²) >= 11 is 6.40. The summed E-state index contributed by atoms with van der Waals surface area (Å²) in [6, 6.07) is 15.7. The molecule has 0 radical (unpaired) electrons. The van der Waals surface area contributed by atoms with Crippen LogP contribution in [0.1, 0.15) is 93.4 Å². The first-order valence-corrected chi connectivity index (χ1v) is 12.0. The molecule has 1 aliphatic carbocycles. The maximum absolute atomic E-state index is 6.40. The van der Waals surface area contributed by atoms with Crippen LogP contribution in [0.2, 0.25) is 5.02 Å². The third-order valence-electron chi connectivity index (χ3n) is 6.24. The van der Waals surface area contributed by atoms with Gasteiger partial charge in [-0.05, 0) is 79.7 Å². The molecule has 29 heavy (non-hydrogen) atoms. The zero-order valence-electron chi connectivity index (χ0n) is 18.1. The number of hydrogen-bond donors (Lipinski definition) is 0. The van der Waals surface area contributed by atoms with E-state index >= 15 is 0 Å². The van der Waals surface area contributed by atoms with Crippen molar-refractivity contribution < 1.29 is 0 Å². The van der Waals surface area contributed by atoms with Crippen LogP contribution in [0.15, 0.2) is 42.5 Å². The Morgan fingerprint density at radius 2 is 1.62 bits per heavy atom. The van der Waals surface area contributed by atoms with Crippen LogP contribution in [-0.4, -0.2) is 0 Å². The molecule has 0 aliphatic heterocycles. The minimum Gasteiger partial charge on any atom is -0.0945 e. The summed E-state index contributed by atoms with van der Waals surface area (Å²) in [5.41, 5.74) is 5.30. The Kier molecular flexibility index (Phi) is 8.69. The zero-order valence-corrected chi connectivity index (χ0v) is 18.9. The van der Waals surface area contributed by atoms with Crippen molar-refractivity contribution >= 4 is 11.6 Å². The lowest BCUT2D eigenvalue weighted by Crippen LogP contribution is -2.12. The first-order chi connectivity index (χ1) is 14.2. The Balaban J connectivity index is 1.51. The summed E-state index contributed by atoms with van der Waals surface area (Å²) in [7, 11) is 0. The molecule has 0 nitrogen and oxygen atoms in total. The van der Waals surface area contributed by atoms with Crippen LogP contribution in [0.3, 0.4) is 0 Å². The second kappa shape index (κ2) is 11.5. The maximum atomic E-state index is 6.40. The SMILES string of the molecule is CCCCCc1ccc([C@H]2CC[C@H](C#Cc3ccc(CCC)c(Cl)c3)CC2)cc1. The van der Waals surface area contributed by atoms with E-state index in [2.05, 4.69) is 62.1 Å². The summed E-state index contributed by atoms with van der Waals surface area (Å²) in [5.74, 6) is 8.12. The van der Waals surface area contributed by atoms with Gasteiger partial charge < -0.3 is 0 Å². The third-order valence-corrected chi connectivity index (χ3v) is 6.59. The van der Waals surface area contributed by atoms with Gasteiger partial charge in [-0.1, -0.05) is 86.9 Å². The molecule has 1 fully saturated rings. The Hall–Kier alpha value is -1.71. The number of benzene rings is 2. The van der Waals surface area contributed by atoms with E-state index in [-0.39, 0.29) is 0 Å². The van der Waals surface area contributed by atoms with Crippen molar-refractivity contribution in [2.45, 2.75) is 84.0 Å². The largest absolute Gasteiger partial charge is 0.0945 e. The second-order valence-electron chi connectivity index (χ2n) is 8.57. The molecule has 0 amide bonds. The summed E-state index contributed by atoms with van der Waals surface area (Å²) in [5, 5.41) is 0.862. The van der Waals surface area contributed by atoms with E-state index in [9.17, 15) is 0 Å². The quantitative estimate of drug-likeness (QED) is 0.320. The lowest BCUT2D eigenvalue weighted by Gasteiger charge is -2.26. The molecule has 1 saturated carbocycles. The normalized spacial score (nSPS) is 18.9. The van der Waals surface area contributed by atoms with E-state index in [0.717, 1.165) is 23.4 Å². The predicted molar refractivity (Wildman–Crippen MR) is 127 cm³/mol. The van der Waals surface area contributed by atoms with Crippen LogP contribution in [-0.2, 0) is 12.8 Å². The zero-order chi connectivity index (χ0) is 20.5. The van der Waals surface area contributed by atoms with Gasteiger partial charge in [-0.15, -0.1) is 0 Å². The maximum Gasteiger partial charge on any atom is 0.0450 e. The van der Waals surface area contributed by atoms with Crippen LogP contribution in [0.4, 0.5) is 0 Å². The van der Waals surface area contributed by atoms with E-state index < -0.39 is 0 Å². The molecule has 2 aromatic rings. The van der Waals surface area contributed by atoms with Gasteiger partial charge in [-0.25, -0.2) is 0 Å². The van der Waals surface area contributed by atoms with E-state index in [1.807, 2.05) is 6.07 Å². The Morgan fingerprint density at radius 3 is 2.28 bits per heavy atom. The number of halogens is 1. The molecule has 1 heteroatoms. The van der Waals surface area contributed by atoms with Gasteiger partial charge in [-0.3, -0.25) is 0 Å². The lowest BCUT2D eigenvalue weighted by atomic mass is 9.78. The molecule has 2 aromatic carbocycles. The number of unbranched alkanes of at least 4 members (excludes halogenated alkanes) is 2. The first-order valence-electron chi connectivity index (χ1n) is 11.6. The van der Waals surface area contributed by atoms with Crippen molar-refractivity contribution in [1.29, 1.82) is 0 Å². The van der Waals surface area contributed by atoms with E-state index in [1.54, 1.807) is 0 Å². The molecule has 0 spiro atoms. The van der Waals surface area contributed by atoms with Crippen molar-refractivity contribution in [2.24, 2.45) is 5.92 Å². The third kappa shape index (κ3) is 6.65. The monoisotopic (exact) mass is 406 g/mol. The fourth-order valence-corrected chi connectivity index (χ4v) is 4.66. The summed E-state index contributed by atoms with van der Waals surface area (Å²) in [4.78, 5) is 0. The van der Waals surface area contributed by atoms with Crippen molar-refractivity contribution in [3.63, 3.8) is 0 Å². The van der Waals surface area contributed by atoms with Gasteiger partial charge in [0.2, 0.25) is 0 Å². The van der Waals surface area contributed by atoms with Crippen LogP contribution >= 0.6 is 11.6 Å². The van der Waals surface area contributed by atoms with Crippen molar-refractivity contribution in [2.75, 3.05) is 0 Å². The van der Waals surface area contributed by atoms with Gasteiger partial charge in [0.05, 0.1) is 0 Å². The first kappa shape index (κ1) is 22.0. The standard InChI is InChI=1S/C28H35Cl/c1-3-5-6-8-22-11-16-25(17-12-22)26-18-13-23(14-19-26)9-10-24-15-20-27(7-4-2)28(29)21-24/h11-12,15-17,20-21,23,26H,3-8,13-14,18-19H2,1-2H3/t23-,26-. The molecule has 0 unspecified atom stereocenters. The smallest absolute Gasteiger partial charge is 0.0450 e. The van der Waals surface area contributed by atoms with Crippen molar-refractivity contribution in [1.82, 2.24) is 0 Å². The molecule has 0 heterocycles. The molecular weight excluding hydrogens is 372 g/mol. The topological polar surface area (TPSA) is 0 Å². The number of rotatable bonds is 7. The van der Waals surface area contributed by atoms with Crippen molar-refractivity contribution in [3.8, 4) is 11.8 Å². The van der Waals surface area contributed by atoms with Gasteiger partial charge >= 0.3 is 0 Å². The molecular formula is C28H35Cl. The molecule has 0 aromatic heterocycles. The number of hydrogen-bond acceptors (Lipinski definition) is 0. The average molecular weight is 407 g/mol. The minimum absolute atomic E-state index is 0.522. The predicted octanol–water partition coefficient (Wildman–Crippen LogP) is 8.35. The van der Waals surface area contributed by atoms with Crippen LogP contribution in [0.25, 0.3) is 0 Å². The second-order valence-corrected chi connectivity index (χ2v) is 8.98. The van der Waals surface area contributed by atoms with Crippen LogP contribution < -0.4 is 0 Å². The average Bonchev–Trinajstić information content (AvgIpc) is 2.75. The molecule has 0 N–H and O–H groups in total. The van der Waals surface area contributed by atoms with Gasteiger partial charge in [0, 0.05) is 16.5 Å². The highest BCUT2D eigenvalue weighted by atomic mass is 35.5. The van der Waals surface area contributed by atoms with Crippen LogP contribution in [0.5, 0.6) is 0 Å². The Morgan fingerprint density at radius 1 is 0.862 bits per heavy atom. The van der Waals surface area contributed by atoms with E-state index in [0.29, 0.717) is 11.8 Å². The van der Waals surface area contributed by atoms with Gasteiger partial charge in [0.15, 0.2) is 0 Å².